The van der Waals surface area contributed by atoms with Gasteiger partial charge in [-0.25, -0.2) is 9.98 Å². The van der Waals surface area contributed by atoms with Crippen LogP contribution in [-0.4, -0.2) is 58.6 Å². The van der Waals surface area contributed by atoms with E-state index < -0.39 is 0 Å². The second kappa shape index (κ2) is 11.5. The number of rotatable bonds is 6. The lowest BCUT2D eigenvalue weighted by Crippen LogP contribution is -2.52. The van der Waals surface area contributed by atoms with Gasteiger partial charge >= 0.3 is 0 Å². The first kappa shape index (κ1) is 24.2. The Morgan fingerprint density at radius 2 is 1.84 bits per heavy atom. The standard InChI is InChI=1S/C23H30N6O2.HI/c1-4-24-23(29-11-9-28(10-12-29)15-20-13-18(3)31-27-20)25-14-21-16-30-22(26-21)19-7-5-17(2)6-8-19;/h5-8,13,16H,4,9-12,14-15H2,1-3H3,(H,24,25);1H. The monoisotopic (exact) mass is 550 g/mol. The van der Waals surface area contributed by atoms with Crippen molar-refractivity contribution in [3.8, 4) is 11.5 Å². The summed E-state index contributed by atoms with van der Waals surface area (Å²) in [6.45, 7) is 11.9. The number of aliphatic imine (C=N–C) groups is 1. The van der Waals surface area contributed by atoms with Gasteiger partial charge in [0.2, 0.25) is 5.89 Å². The van der Waals surface area contributed by atoms with Crippen LogP contribution in [0.3, 0.4) is 0 Å². The van der Waals surface area contributed by atoms with Crippen molar-refractivity contribution >= 4 is 29.9 Å². The summed E-state index contributed by atoms with van der Waals surface area (Å²) in [6.07, 6.45) is 1.69. The second-order valence-corrected chi connectivity index (χ2v) is 7.87. The van der Waals surface area contributed by atoms with E-state index in [-0.39, 0.29) is 24.0 Å². The second-order valence-electron chi connectivity index (χ2n) is 7.87. The SMILES string of the molecule is CCNC(=NCc1coc(-c2ccc(C)cc2)n1)N1CCN(Cc2cc(C)on2)CC1.I. The van der Waals surface area contributed by atoms with Crippen LogP contribution in [0.15, 0.2) is 50.5 Å². The maximum absolute atomic E-state index is 5.67. The van der Waals surface area contributed by atoms with Crippen LogP contribution in [0.5, 0.6) is 0 Å². The van der Waals surface area contributed by atoms with Gasteiger partial charge in [0.05, 0.1) is 12.2 Å². The highest BCUT2D eigenvalue weighted by Gasteiger charge is 2.20. The lowest BCUT2D eigenvalue weighted by atomic mass is 10.1. The van der Waals surface area contributed by atoms with Gasteiger partial charge < -0.3 is 19.2 Å². The van der Waals surface area contributed by atoms with Crippen LogP contribution in [0.25, 0.3) is 11.5 Å². The van der Waals surface area contributed by atoms with E-state index in [2.05, 4.69) is 51.2 Å². The molecule has 0 aliphatic carbocycles. The minimum atomic E-state index is 0. The zero-order valence-corrected chi connectivity index (χ0v) is 21.2. The fourth-order valence-electron chi connectivity index (χ4n) is 3.63. The number of aromatic nitrogens is 2. The average molecular weight is 550 g/mol. The summed E-state index contributed by atoms with van der Waals surface area (Å²) in [7, 11) is 0. The minimum absolute atomic E-state index is 0. The van der Waals surface area contributed by atoms with E-state index in [1.54, 1.807) is 6.26 Å². The summed E-state index contributed by atoms with van der Waals surface area (Å²) < 4.78 is 10.8. The van der Waals surface area contributed by atoms with E-state index in [1.165, 1.54) is 5.56 Å². The van der Waals surface area contributed by atoms with Gasteiger partial charge in [0, 0.05) is 50.9 Å². The normalized spacial score (nSPS) is 15.0. The van der Waals surface area contributed by atoms with E-state index in [4.69, 9.17) is 13.9 Å². The van der Waals surface area contributed by atoms with Gasteiger partial charge in [0.1, 0.15) is 17.7 Å². The molecule has 0 radical (unpaired) electrons. The van der Waals surface area contributed by atoms with Crippen molar-refractivity contribution in [1.82, 2.24) is 25.3 Å². The molecule has 1 aliphatic heterocycles. The number of guanidine groups is 1. The molecular weight excluding hydrogens is 519 g/mol. The lowest BCUT2D eigenvalue weighted by Gasteiger charge is -2.36. The Bertz CT molecular complexity index is 1010. The van der Waals surface area contributed by atoms with Gasteiger partial charge in [-0.3, -0.25) is 4.90 Å². The maximum Gasteiger partial charge on any atom is 0.226 e. The Morgan fingerprint density at radius 1 is 1.09 bits per heavy atom. The predicted molar refractivity (Wildman–Crippen MR) is 135 cm³/mol. The van der Waals surface area contributed by atoms with Crippen LogP contribution in [-0.2, 0) is 13.1 Å². The Balaban J connectivity index is 0.00000289. The molecule has 4 rings (SSSR count). The first-order valence-corrected chi connectivity index (χ1v) is 10.8. The largest absolute Gasteiger partial charge is 0.444 e. The zero-order valence-electron chi connectivity index (χ0n) is 18.9. The fraction of sp³-hybridized carbons (Fsp3) is 0.435. The van der Waals surface area contributed by atoms with Gasteiger partial charge in [-0.15, -0.1) is 24.0 Å². The molecule has 172 valence electrons. The Kier molecular flexibility index (Phi) is 8.68. The molecule has 0 atom stereocenters. The van der Waals surface area contributed by atoms with Crippen molar-refractivity contribution < 1.29 is 8.94 Å². The quantitative estimate of drug-likeness (QED) is 0.284. The van der Waals surface area contributed by atoms with Gasteiger partial charge in [-0.05, 0) is 32.9 Å². The van der Waals surface area contributed by atoms with Crippen LogP contribution in [0, 0.1) is 13.8 Å². The summed E-state index contributed by atoms with van der Waals surface area (Å²) in [4.78, 5) is 14.1. The van der Waals surface area contributed by atoms with E-state index >= 15 is 0 Å². The number of benzene rings is 1. The molecule has 2 aromatic heterocycles. The summed E-state index contributed by atoms with van der Waals surface area (Å²) >= 11 is 0. The van der Waals surface area contributed by atoms with Crippen LogP contribution in [0.4, 0.5) is 0 Å². The van der Waals surface area contributed by atoms with E-state index in [0.717, 1.165) is 67.9 Å². The Hall–Kier alpha value is -2.40. The first-order valence-electron chi connectivity index (χ1n) is 10.8. The number of nitrogens with zero attached hydrogens (tertiary/aromatic N) is 5. The molecule has 1 aliphatic rings. The first-order chi connectivity index (χ1) is 15.1. The number of piperazine rings is 1. The topological polar surface area (TPSA) is 82.9 Å². The smallest absolute Gasteiger partial charge is 0.226 e. The van der Waals surface area contributed by atoms with Gasteiger partial charge in [0.25, 0.3) is 0 Å². The van der Waals surface area contributed by atoms with Crippen LogP contribution < -0.4 is 5.32 Å². The highest BCUT2D eigenvalue weighted by atomic mass is 127. The molecule has 1 N–H and O–H groups in total. The molecular formula is C23H31IN6O2. The van der Waals surface area contributed by atoms with Crippen molar-refractivity contribution in [2.75, 3.05) is 32.7 Å². The average Bonchev–Trinajstić information content (AvgIpc) is 3.41. The molecule has 0 spiro atoms. The number of nitrogens with one attached hydrogen (secondary N) is 1. The van der Waals surface area contributed by atoms with Crippen LogP contribution in [0.2, 0.25) is 0 Å². The third kappa shape index (κ3) is 6.32. The molecule has 3 heterocycles. The predicted octanol–water partition coefficient (Wildman–Crippen LogP) is 3.85. The highest BCUT2D eigenvalue weighted by molar-refractivity contribution is 14.0. The zero-order chi connectivity index (χ0) is 21.6. The van der Waals surface area contributed by atoms with Crippen molar-refractivity contribution in [2.45, 2.75) is 33.9 Å². The van der Waals surface area contributed by atoms with E-state index in [0.29, 0.717) is 12.4 Å². The number of aryl methyl sites for hydroxylation is 2. The minimum Gasteiger partial charge on any atom is -0.444 e. The maximum atomic E-state index is 5.67. The van der Waals surface area contributed by atoms with Crippen molar-refractivity contribution in [3.05, 3.63) is 59.3 Å². The van der Waals surface area contributed by atoms with Gasteiger partial charge in [0.15, 0.2) is 5.96 Å². The number of oxazole rings is 1. The molecule has 0 bridgehead atoms. The summed E-state index contributed by atoms with van der Waals surface area (Å²) in [5.74, 6) is 2.40. The molecule has 8 nitrogen and oxygen atoms in total. The fourth-order valence-corrected chi connectivity index (χ4v) is 3.63. The molecule has 1 aromatic carbocycles. The van der Waals surface area contributed by atoms with E-state index in [1.807, 2.05) is 25.1 Å². The summed E-state index contributed by atoms with van der Waals surface area (Å²) in [5, 5.41) is 7.51. The molecule has 3 aromatic rings. The van der Waals surface area contributed by atoms with Crippen LogP contribution in [0.1, 0.15) is 29.6 Å². The molecule has 32 heavy (non-hydrogen) atoms. The number of halogens is 1. The van der Waals surface area contributed by atoms with Gasteiger partial charge in [-0.1, -0.05) is 22.9 Å². The highest BCUT2D eigenvalue weighted by Crippen LogP contribution is 2.19. The lowest BCUT2D eigenvalue weighted by molar-refractivity contribution is 0.169. The third-order valence-corrected chi connectivity index (χ3v) is 5.31. The molecule has 1 fully saturated rings. The number of hydrogen-bond acceptors (Lipinski definition) is 6. The third-order valence-electron chi connectivity index (χ3n) is 5.31. The molecule has 9 heteroatoms. The Labute approximate surface area is 206 Å². The van der Waals surface area contributed by atoms with Gasteiger partial charge in [-0.2, -0.15) is 0 Å². The van der Waals surface area contributed by atoms with Crippen molar-refractivity contribution in [1.29, 1.82) is 0 Å². The molecule has 1 saturated heterocycles. The van der Waals surface area contributed by atoms with Crippen molar-refractivity contribution in [2.24, 2.45) is 4.99 Å². The molecule has 0 saturated carbocycles. The molecule has 0 amide bonds. The summed E-state index contributed by atoms with van der Waals surface area (Å²) in [6, 6.07) is 10.2. The summed E-state index contributed by atoms with van der Waals surface area (Å²) in [5.41, 5.74) is 4.01. The van der Waals surface area contributed by atoms with E-state index in [9.17, 15) is 0 Å². The molecule has 0 unspecified atom stereocenters. The van der Waals surface area contributed by atoms with Crippen molar-refractivity contribution in [3.63, 3.8) is 0 Å². The van der Waals surface area contributed by atoms with Crippen LogP contribution >= 0.6 is 24.0 Å². The number of hydrogen-bond donors (Lipinski definition) is 1. The Morgan fingerprint density at radius 3 is 2.50 bits per heavy atom.